The second-order valence-electron chi connectivity index (χ2n) is 14.5. The summed E-state index contributed by atoms with van der Waals surface area (Å²) in [5.74, 6) is -1.10. The molecule has 0 spiro atoms. The Balaban J connectivity index is 1.77. The molecule has 3 amide bonds. The van der Waals surface area contributed by atoms with E-state index in [4.69, 9.17) is 18.8 Å². The molecular formula is C34H54BN3O8. The predicted molar refractivity (Wildman–Crippen MR) is 176 cm³/mol. The molecule has 256 valence electrons. The lowest BCUT2D eigenvalue weighted by Gasteiger charge is -2.47. The van der Waals surface area contributed by atoms with E-state index in [1.54, 1.807) is 32.6 Å². The van der Waals surface area contributed by atoms with E-state index >= 15 is 0 Å². The molecule has 2 aliphatic rings. The van der Waals surface area contributed by atoms with Crippen molar-refractivity contribution in [2.75, 3.05) is 6.54 Å². The van der Waals surface area contributed by atoms with E-state index in [2.05, 4.69) is 10.6 Å². The zero-order chi connectivity index (χ0) is 34.3. The van der Waals surface area contributed by atoms with Gasteiger partial charge in [0.15, 0.2) is 0 Å². The van der Waals surface area contributed by atoms with Crippen molar-refractivity contribution in [3.63, 3.8) is 0 Å². The first-order valence-electron chi connectivity index (χ1n) is 16.5. The SMILES string of the molecule is CC[C@H](NC(=O)OC(C)(C)C)C(=O)N[C@H]1CCN(C(C)=O)[C@@](CCCCB2OC(C)(C)C(C)(C)O2)(C(=O)OCc2ccccc2)C1. The van der Waals surface area contributed by atoms with Gasteiger partial charge < -0.3 is 34.3 Å². The summed E-state index contributed by atoms with van der Waals surface area (Å²) in [6.45, 7) is 16.9. The second-order valence-corrected chi connectivity index (χ2v) is 14.5. The average molecular weight is 644 g/mol. The van der Waals surface area contributed by atoms with Crippen LogP contribution in [0.3, 0.4) is 0 Å². The number of esters is 1. The van der Waals surface area contributed by atoms with Crippen LogP contribution in [0.15, 0.2) is 30.3 Å². The van der Waals surface area contributed by atoms with Gasteiger partial charge >= 0.3 is 19.2 Å². The van der Waals surface area contributed by atoms with Gasteiger partial charge in [-0.15, -0.1) is 0 Å². The molecule has 1 aromatic rings. The summed E-state index contributed by atoms with van der Waals surface area (Å²) in [4.78, 5) is 54.5. The van der Waals surface area contributed by atoms with E-state index in [0.29, 0.717) is 38.4 Å². The fourth-order valence-electron chi connectivity index (χ4n) is 6.01. The van der Waals surface area contributed by atoms with Crippen molar-refractivity contribution < 1.29 is 38.0 Å². The number of nitrogens with one attached hydrogen (secondary N) is 2. The van der Waals surface area contributed by atoms with Gasteiger partial charge in [-0.25, -0.2) is 9.59 Å². The smallest absolute Gasteiger partial charge is 0.457 e. The van der Waals surface area contributed by atoms with E-state index in [9.17, 15) is 19.2 Å². The van der Waals surface area contributed by atoms with Crippen molar-refractivity contribution >= 4 is 31.0 Å². The van der Waals surface area contributed by atoms with E-state index in [1.165, 1.54) is 6.92 Å². The first-order chi connectivity index (χ1) is 21.4. The molecule has 0 saturated carbocycles. The number of nitrogens with zero attached hydrogens (tertiary/aromatic N) is 1. The Morgan fingerprint density at radius 2 is 1.67 bits per heavy atom. The molecule has 2 saturated heterocycles. The second kappa shape index (κ2) is 15.2. The van der Waals surface area contributed by atoms with Crippen LogP contribution in [-0.4, -0.2) is 76.9 Å². The fourth-order valence-corrected chi connectivity index (χ4v) is 6.01. The highest BCUT2D eigenvalue weighted by atomic mass is 16.7. The Kier molecular flexibility index (Phi) is 12.3. The van der Waals surface area contributed by atoms with Crippen LogP contribution in [0.1, 0.15) is 106 Å². The number of benzene rings is 1. The summed E-state index contributed by atoms with van der Waals surface area (Å²) < 4.78 is 23.5. The average Bonchev–Trinajstić information content (AvgIpc) is 3.17. The maximum Gasteiger partial charge on any atom is 0.457 e. The van der Waals surface area contributed by atoms with Gasteiger partial charge in [-0.1, -0.05) is 50.1 Å². The van der Waals surface area contributed by atoms with Gasteiger partial charge in [0.25, 0.3) is 0 Å². The molecule has 3 rings (SSSR count). The Hall–Kier alpha value is -3.12. The number of hydrogen-bond donors (Lipinski definition) is 2. The third kappa shape index (κ3) is 9.70. The number of ether oxygens (including phenoxy) is 2. The van der Waals surface area contributed by atoms with Crippen LogP contribution in [0.5, 0.6) is 0 Å². The Labute approximate surface area is 274 Å². The van der Waals surface area contributed by atoms with Crippen molar-refractivity contribution in [2.45, 2.75) is 148 Å². The normalized spacial score (nSPS) is 22.9. The monoisotopic (exact) mass is 643 g/mol. The van der Waals surface area contributed by atoms with Gasteiger partial charge in [0.05, 0.1) is 11.2 Å². The number of alkyl carbamates (subject to hydrolysis) is 1. The fraction of sp³-hybridized carbons (Fsp3) is 0.706. The van der Waals surface area contributed by atoms with Crippen molar-refractivity contribution in [3.8, 4) is 0 Å². The first kappa shape index (κ1) is 37.3. The third-order valence-corrected chi connectivity index (χ3v) is 9.12. The summed E-state index contributed by atoms with van der Waals surface area (Å²) >= 11 is 0. The molecule has 0 unspecified atom stereocenters. The van der Waals surface area contributed by atoms with Gasteiger partial charge in [0, 0.05) is 25.9 Å². The molecule has 2 aliphatic heterocycles. The van der Waals surface area contributed by atoms with Gasteiger partial charge in [-0.2, -0.15) is 0 Å². The summed E-state index contributed by atoms with van der Waals surface area (Å²) in [5.41, 5.74) is -2.03. The minimum atomic E-state index is -1.28. The molecular weight excluding hydrogens is 589 g/mol. The molecule has 0 aromatic heterocycles. The molecule has 2 heterocycles. The molecule has 12 heteroatoms. The van der Waals surface area contributed by atoms with Crippen molar-refractivity contribution in [1.82, 2.24) is 15.5 Å². The number of hydrogen-bond acceptors (Lipinski definition) is 8. The topological polar surface area (TPSA) is 132 Å². The highest BCUT2D eigenvalue weighted by molar-refractivity contribution is 6.45. The van der Waals surface area contributed by atoms with Gasteiger partial charge in [0.2, 0.25) is 11.8 Å². The molecule has 46 heavy (non-hydrogen) atoms. The van der Waals surface area contributed by atoms with Crippen LogP contribution in [-0.2, 0) is 39.8 Å². The van der Waals surface area contributed by atoms with E-state index in [-0.39, 0.29) is 38.5 Å². The molecule has 1 aromatic carbocycles. The number of piperidine rings is 1. The maximum absolute atomic E-state index is 14.1. The number of likely N-dealkylation sites (tertiary alicyclic amines) is 1. The predicted octanol–water partition coefficient (Wildman–Crippen LogP) is 5.16. The van der Waals surface area contributed by atoms with Crippen molar-refractivity contribution in [1.29, 1.82) is 0 Å². The number of carbonyl (C=O) groups excluding carboxylic acids is 4. The molecule has 0 aliphatic carbocycles. The Bertz CT molecular complexity index is 1200. The quantitative estimate of drug-likeness (QED) is 0.181. The number of unbranched alkanes of at least 4 members (excludes halogenated alkanes) is 1. The van der Waals surface area contributed by atoms with Gasteiger partial charge in [-0.05, 0) is 79.6 Å². The lowest BCUT2D eigenvalue weighted by atomic mass is 9.77. The summed E-state index contributed by atoms with van der Waals surface area (Å²) in [6, 6.07) is 8.14. The highest BCUT2D eigenvalue weighted by Crippen LogP contribution is 2.39. The Morgan fingerprint density at radius 1 is 1.04 bits per heavy atom. The lowest BCUT2D eigenvalue weighted by Crippen LogP contribution is -2.64. The number of carbonyl (C=O) groups is 4. The van der Waals surface area contributed by atoms with Crippen LogP contribution in [0, 0.1) is 0 Å². The van der Waals surface area contributed by atoms with Crippen LogP contribution in [0.2, 0.25) is 6.32 Å². The summed E-state index contributed by atoms with van der Waals surface area (Å²) in [7, 11) is -0.364. The van der Waals surface area contributed by atoms with Crippen LogP contribution in [0.25, 0.3) is 0 Å². The molecule has 3 atom stereocenters. The standard InChI is InChI=1S/C34H54BN3O8/c1-10-27(37-30(42)44-31(3,4)5)28(40)36-26-18-21-38(24(2)39)34(22-26,29(41)43-23-25-16-12-11-13-17-25)19-14-15-20-35-45-32(6,7)33(8,9)46-35/h11-13,16-17,26-27H,10,14-15,18-23H2,1-9H3,(H,36,40)(H,37,42)/t26-,27-,34+/m0/s1. The van der Waals surface area contributed by atoms with Gasteiger partial charge in [0.1, 0.15) is 23.8 Å². The zero-order valence-electron chi connectivity index (χ0n) is 29.2. The van der Waals surface area contributed by atoms with Crippen LogP contribution >= 0.6 is 0 Å². The number of amides is 3. The Morgan fingerprint density at radius 3 is 2.24 bits per heavy atom. The molecule has 2 fully saturated rings. The van der Waals surface area contributed by atoms with Crippen LogP contribution < -0.4 is 10.6 Å². The van der Waals surface area contributed by atoms with E-state index in [1.807, 2.05) is 58.0 Å². The molecule has 0 radical (unpaired) electrons. The lowest BCUT2D eigenvalue weighted by molar-refractivity contribution is -0.170. The van der Waals surface area contributed by atoms with E-state index in [0.717, 1.165) is 5.56 Å². The van der Waals surface area contributed by atoms with Gasteiger partial charge in [-0.3, -0.25) is 9.59 Å². The molecule has 11 nitrogen and oxygen atoms in total. The summed E-state index contributed by atoms with van der Waals surface area (Å²) in [6.07, 6.45) is 2.59. The highest BCUT2D eigenvalue weighted by Gasteiger charge is 2.52. The van der Waals surface area contributed by atoms with E-state index < -0.39 is 46.5 Å². The molecule has 2 N–H and O–H groups in total. The third-order valence-electron chi connectivity index (χ3n) is 9.12. The maximum atomic E-state index is 14.1. The first-order valence-corrected chi connectivity index (χ1v) is 16.5. The molecule has 0 bridgehead atoms. The summed E-state index contributed by atoms with van der Waals surface area (Å²) in [5, 5.41) is 5.69. The van der Waals surface area contributed by atoms with Crippen molar-refractivity contribution in [2.24, 2.45) is 0 Å². The number of rotatable bonds is 12. The van der Waals surface area contributed by atoms with Crippen LogP contribution in [0.4, 0.5) is 4.79 Å². The largest absolute Gasteiger partial charge is 0.459 e. The zero-order valence-corrected chi connectivity index (χ0v) is 29.2. The minimum Gasteiger partial charge on any atom is -0.459 e. The minimum absolute atomic E-state index is 0.0653. The van der Waals surface area contributed by atoms with Crippen molar-refractivity contribution in [3.05, 3.63) is 35.9 Å².